The second-order valence-corrected chi connectivity index (χ2v) is 4.22. The number of nitrogens with zero attached hydrogens (tertiary/aromatic N) is 1. The third kappa shape index (κ3) is 6.28. The van der Waals surface area contributed by atoms with E-state index in [1.807, 2.05) is 4.90 Å². The van der Waals surface area contributed by atoms with Crippen LogP contribution < -0.4 is 0 Å². The molecule has 0 unspecified atom stereocenters. The molecule has 5 nitrogen and oxygen atoms in total. The van der Waals surface area contributed by atoms with Crippen LogP contribution in [0.15, 0.2) is 12.2 Å². The van der Waals surface area contributed by atoms with Crippen LogP contribution in [0.2, 0.25) is 0 Å². The summed E-state index contributed by atoms with van der Waals surface area (Å²) >= 11 is 0. The minimum Gasteiger partial charge on any atom is -0.466 e. The van der Waals surface area contributed by atoms with Crippen LogP contribution in [0.1, 0.15) is 12.8 Å². The van der Waals surface area contributed by atoms with E-state index >= 15 is 0 Å². The fraction of sp³-hybridized carbons (Fsp3) is 0.667. The summed E-state index contributed by atoms with van der Waals surface area (Å²) in [5.41, 5.74) is 0. The standard InChI is InChI=1S/C12H17F2NO4/c1-18-10(16)2-3-11(17)19-9-8-15-6-4-12(13,14)5-7-15/h2-3H,4-9H2,1H3. The highest BCUT2D eigenvalue weighted by Crippen LogP contribution is 2.27. The third-order valence-corrected chi connectivity index (χ3v) is 2.80. The number of hydrogen-bond donors (Lipinski definition) is 0. The molecule has 19 heavy (non-hydrogen) atoms. The number of esters is 2. The first kappa shape index (κ1) is 15.6. The summed E-state index contributed by atoms with van der Waals surface area (Å²) in [6.45, 7) is 1.11. The lowest BCUT2D eigenvalue weighted by molar-refractivity contribution is -0.140. The second kappa shape index (κ2) is 7.18. The number of hydrogen-bond acceptors (Lipinski definition) is 5. The molecule has 1 aliphatic rings. The van der Waals surface area contributed by atoms with Gasteiger partial charge in [0, 0.05) is 44.6 Å². The first-order valence-electron chi connectivity index (χ1n) is 5.96. The average Bonchev–Trinajstić information content (AvgIpc) is 2.38. The zero-order chi connectivity index (χ0) is 14.3. The Morgan fingerprint density at radius 1 is 1.21 bits per heavy atom. The number of alkyl halides is 2. The highest BCUT2D eigenvalue weighted by molar-refractivity contribution is 5.91. The molecule has 1 heterocycles. The van der Waals surface area contributed by atoms with Crippen LogP contribution in [0.4, 0.5) is 8.78 Å². The van der Waals surface area contributed by atoms with E-state index in [0.29, 0.717) is 19.6 Å². The number of likely N-dealkylation sites (tertiary alicyclic amines) is 1. The van der Waals surface area contributed by atoms with Crippen molar-refractivity contribution in [3.05, 3.63) is 12.2 Å². The van der Waals surface area contributed by atoms with Gasteiger partial charge in [0.15, 0.2) is 0 Å². The van der Waals surface area contributed by atoms with Gasteiger partial charge in [-0.05, 0) is 0 Å². The van der Waals surface area contributed by atoms with Crippen molar-refractivity contribution in [1.29, 1.82) is 0 Å². The number of carbonyl (C=O) groups excluding carboxylic acids is 2. The zero-order valence-electron chi connectivity index (χ0n) is 10.7. The molecule has 0 bridgehead atoms. The van der Waals surface area contributed by atoms with Crippen LogP contribution in [-0.4, -0.2) is 56.1 Å². The Morgan fingerprint density at radius 2 is 1.79 bits per heavy atom. The Bertz CT molecular complexity index is 348. The molecule has 0 aromatic rings. The number of ether oxygens (including phenoxy) is 2. The highest BCUT2D eigenvalue weighted by Gasteiger charge is 2.33. The molecule has 0 spiro atoms. The molecule has 1 rings (SSSR count). The van der Waals surface area contributed by atoms with Gasteiger partial charge in [0.05, 0.1) is 7.11 Å². The van der Waals surface area contributed by atoms with Crippen molar-refractivity contribution in [2.24, 2.45) is 0 Å². The summed E-state index contributed by atoms with van der Waals surface area (Å²) in [6.07, 6.45) is 1.60. The number of methoxy groups -OCH3 is 1. The van der Waals surface area contributed by atoms with Gasteiger partial charge in [0.1, 0.15) is 6.61 Å². The van der Waals surface area contributed by atoms with E-state index < -0.39 is 17.9 Å². The Balaban J connectivity index is 2.16. The predicted octanol–water partition coefficient (Wildman–Crippen LogP) is 0.990. The van der Waals surface area contributed by atoms with E-state index in [-0.39, 0.29) is 19.4 Å². The van der Waals surface area contributed by atoms with Gasteiger partial charge in [0.2, 0.25) is 0 Å². The topological polar surface area (TPSA) is 55.8 Å². The predicted molar refractivity (Wildman–Crippen MR) is 62.7 cm³/mol. The van der Waals surface area contributed by atoms with E-state index in [0.717, 1.165) is 12.2 Å². The van der Waals surface area contributed by atoms with Crippen molar-refractivity contribution in [2.45, 2.75) is 18.8 Å². The monoisotopic (exact) mass is 277 g/mol. The SMILES string of the molecule is COC(=O)C=CC(=O)OCCN1CCC(F)(F)CC1. The molecule has 1 saturated heterocycles. The van der Waals surface area contributed by atoms with Crippen LogP contribution in [0, 0.1) is 0 Å². The summed E-state index contributed by atoms with van der Waals surface area (Å²) in [5, 5.41) is 0. The maximum atomic E-state index is 12.9. The van der Waals surface area contributed by atoms with Crippen molar-refractivity contribution in [3.63, 3.8) is 0 Å². The van der Waals surface area contributed by atoms with Crippen LogP contribution in [0.25, 0.3) is 0 Å². The molecule has 0 saturated carbocycles. The maximum absolute atomic E-state index is 12.9. The lowest BCUT2D eigenvalue weighted by Gasteiger charge is -2.31. The van der Waals surface area contributed by atoms with E-state index in [9.17, 15) is 18.4 Å². The van der Waals surface area contributed by atoms with Gasteiger partial charge in [-0.1, -0.05) is 0 Å². The number of halogens is 2. The van der Waals surface area contributed by atoms with Crippen molar-refractivity contribution in [2.75, 3.05) is 33.4 Å². The molecule has 1 aliphatic heterocycles. The normalized spacial score (nSPS) is 19.3. The molecule has 0 amide bonds. The van der Waals surface area contributed by atoms with Gasteiger partial charge in [-0.2, -0.15) is 0 Å². The quantitative estimate of drug-likeness (QED) is 0.554. The summed E-state index contributed by atoms with van der Waals surface area (Å²) in [4.78, 5) is 23.7. The molecule has 0 aromatic carbocycles. The second-order valence-electron chi connectivity index (χ2n) is 4.22. The summed E-state index contributed by atoms with van der Waals surface area (Å²) in [5.74, 6) is -3.88. The molecule has 0 radical (unpaired) electrons. The molecular weight excluding hydrogens is 260 g/mol. The van der Waals surface area contributed by atoms with E-state index in [4.69, 9.17) is 4.74 Å². The zero-order valence-corrected chi connectivity index (χ0v) is 10.7. The van der Waals surface area contributed by atoms with Crippen LogP contribution in [0.3, 0.4) is 0 Å². The van der Waals surface area contributed by atoms with Gasteiger partial charge in [0.25, 0.3) is 5.92 Å². The fourth-order valence-electron chi connectivity index (χ4n) is 1.63. The van der Waals surface area contributed by atoms with Gasteiger partial charge in [-0.25, -0.2) is 18.4 Å². The smallest absolute Gasteiger partial charge is 0.331 e. The van der Waals surface area contributed by atoms with Gasteiger partial charge >= 0.3 is 11.9 Å². The molecule has 0 N–H and O–H groups in total. The lowest BCUT2D eigenvalue weighted by Crippen LogP contribution is -2.40. The van der Waals surface area contributed by atoms with Crippen molar-refractivity contribution in [3.8, 4) is 0 Å². The molecule has 0 aromatic heterocycles. The molecule has 7 heteroatoms. The first-order chi connectivity index (χ1) is 8.93. The van der Waals surface area contributed by atoms with E-state index in [1.54, 1.807) is 0 Å². The molecule has 0 atom stereocenters. The van der Waals surface area contributed by atoms with Crippen molar-refractivity contribution < 1.29 is 27.8 Å². The fourth-order valence-corrected chi connectivity index (χ4v) is 1.63. The molecular formula is C12H17F2NO4. The number of rotatable bonds is 5. The van der Waals surface area contributed by atoms with E-state index in [1.165, 1.54) is 7.11 Å². The summed E-state index contributed by atoms with van der Waals surface area (Å²) < 4.78 is 34.9. The van der Waals surface area contributed by atoms with Gasteiger partial charge in [-0.3, -0.25) is 4.90 Å². The minimum absolute atomic E-state index is 0.107. The Kier molecular flexibility index (Phi) is 5.88. The Morgan fingerprint density at radius 3 is 2.37 bits per heavy atom. The lowest BCUT2D eigenvalue weighted by atomic mass is 10.1. The largest absolute Gasteiger partial charge is 0.466 e. The molecule has 0 aliphatic carbocycles. The minimum atomic E-state index is -2.57. The highest BCUT2D eigenvalue weighted by atomic mass is 19.3. The number of carbonyl (C=O) groups is 2. The average molecular weight is 277 g/mol. The summed E-state index contributed by atoms with van der Waals surface area (Å²) in [6, 6.07) is 0. The van der Waals surface area contributed by atoms with Crippen molar-refractivity contribution in [1.82, 2.24) is 4.90 Å². The maximum Gasteiger partial charge on any atom is 0.331 e. The Hall–Kier alpha value is -1.50. The number of piperidine rings is 1. The van der Waals surface area contributed by atoms with Gasteiger partial charge in [-0.15, -0.1) is 0 Å². The first-order valence-corrected chi connectivity index (χ1v) is 5.96. The molecule has 108 valence electrons. The Labute approximate surface area is 110 Å². The van der Waals surface area contributed by atoms with E-state index in [2.05, 4.69) is 4.74 Å². The molecule has 1 fully saturated rings. The van der Waals surface area contributed by atoms with Gasteiger partial charge < -0.3 is 9.47 Å². The van der Waals surface area contributed by atoms with Crippen LogP contribution in [-0.2, 0) is 19.1 Å². The van der Waals surface area contributed by atoms with Crippen molar-refractivity contribution >= 4 is 11.9 Å². The third-order valence-electron chi connectivity index (χ3n) is 2.80. The summed E-state index contributed by atoms with van der Waals surface area (Å²) in [7, 11) is 1.20. The van der Waals surface area contributed by atoms with Crippen LogP contribution >= 0.6 is 0 Å². The van der Waals surface area contributed by atoms with Crippen LogP contribution in [0.5, 0.6) is 0 Å².